The third-order valence-corrected chi connectivity index (χ3v) is 12.4. The van der Waals surface area contributed by atoms with Crippen LogP contribution in [0, 0.1) is 52.8 Å². The molecule has 0 amide bonds. The van der Waals surface area contributed by atoms with Crippen LogP contribution in [0.4, 0.5) is 0 Å². The Bertz CT molecular complexity index is 870. The maximum atomic E-state index is 13.6. The lowest BCUT2D eigenvalue weighted by atomic mass is 9.51. The summed E-state index contributed by atoms with van der Waals surface area (Å²) in [6.07, 6.45) is 9.62. The van der Waals surface area contributed by atoms with E-state index in [0.717, 1.165) is 57.5 Å². The number of ether oxygens (including phenoxy) is 1. The third-order valence-electron chi connectivity index (χ3n) is 12.4. The van der Waals surface area contributed by atoms with Crippen molar-refractivity contribution in [1.82, 2.24) is 4.90 Å². The molecule has 4 saturated carbocycles. The Labute approximate surface area is 211 Å². The first-order chi connectivity index (χ1) is 16.6. The van der Waals surface area contributed by atoms with E-state index in [9.17, 15) is 14.7 Å². The molecule has 0 aromatic rings. The first-order valence-electron chi connectivity index (χ1n) is 14.8. The number of nitrogens with zero attached hydrogens (tertiary/aromatic N) is 1. The Morgan fingerprint density at radius 2 is 1.80 bits per heavy atom. The second kappa shape index (κ2) is 8.55. The van der Waals surface area contributed by atoms with Crippen LogP contribution in [-0.2, 0) is 14.3 Å². The molecule has 0 bridgehead atoms. The quantitative estimate of drug-likeness (QED) is 0.567. The van der Waals surface area contributed by atoms with E-state index in [4.69, 9.17) is 4.74 Å². The van der Waals surface area contributed by atoms with Gasteiger partial charge < -0.3 is 9.84 Å². The third kappa shape index (κ3) is 3.68. The molecule has 0 unspecified atom stereocenters. The maximum Gasteiger partial charge on any atom is 0.305 e. The van der Waals surface area contributed by atoms with Crippen LogP contribution >= 0.6 is 0 Å². The minimum Gasteiger partial charge on any atom is -0.462 e. The van der Waals surface area contributed by atoms with Crippen molar-refractivity contribution in [3.05, 3.63) is 0 Å². The molecule has 0 spiro atoms. The smallest absolute Gasteiger partial charge is 0.305 e. The van der Waals surface area contributed by atoms with Crippen LogP contribution < -0.4 is 0 Å². The fourth-order valence-corrected chi connectivity index (χ4v) is 10.7. The number of Topliss-reactive ketones (excluding diaryl/α,β-unsaturated/α-hetero) is 1. The van der Waals surface area contributed by atoms with Gasteiger partial charge >= 0.3 is 5.97 Å². The van der Waals surface area contributed by atoms with E-state index >= 15 is 0 Å². The van der Waals surface area contributed by atoms with Gasteiger partial charge in [-0.05, 0) is 105 Å². The standard InChI is InChI=1S/C30H47NO4/c1-5-28(33)35-18-10-11-29(3)24-13-20-19(21(24)14-26(32)25(29)12-18)7-8-23-22(20)16-31-15-17(2)6-9-27(31)30(23,4)34/h17-25,27,34H,5-16H2,1-4H3/t17-,18-,19+,20+,21-,22-,23-,24-,25+,27-,29+,30+/m0/s1. The summed E-state index contributed by atoms with van der Waals surface area (Å²) in [4.78, 5) is 28.2. The van der Waals surface area contributed by atoms with Gasteiger partial charge in [0.25, 0.3) is 0 Å². The van der Waals surface area contributed by atoms with Gasteiger partial charge in [-0.1, -0.05) is 20.8 Å². The molecule has 6 fully saturated rings. The van der Waals surface area contributed by atoms with E-state index < -0.39 is 5.60 Å². The molecule has 0 aromatic heterocycles. The number of rotatable bonds is 2. The monoisotopic (exact) mass is 485 g/mol. The average molecular weight is 486 g/mol. The molecule has 6 rings (SSSR count). The minimum absolute atomic E-state index is 0.0430. The molecule has 2 aliphatic heterocycles. The van der Waals surface area contributed by atoms with Crippen LogP contribution in [0.5, 0.6) is 0 Å². The van der Waals surface area contributed by atoms with Crippen molar-refractivity contribution >= 4 is 11.8 Å². The second-order valence-electron chi connectivity index (χ2n) is 14.0. The summed E-state index contributed by atoms with van der Waals surface area (Å²) in [5, 5.41) is 11.9. The number of hydrogen-bond acceptors (Lipinski definition) is 5. The summed E-state index contributed by atoms with van der Waals surface area (Å²) < 4.78 is 5.72. The average Bonchev–Trinajstić information content (AvgIpc) is 3.19. The maximum absolute atomic E-state index is 13.6. The number of ketones is 1. The number of fused-ring (bicyclic) bond motifs is 8. The van der Waals surface area contributed by atoms with Gasteiger partial charge in [-0.25, -0.2) is 0 Å². The zero-order valence-electron chi connectivity index (χ0n) is 22.4. The molecule has 12 atom stereocenters. The van der Waals surface area contributed by atoms with E-state index in [-0.39, 0.29) is 23.4 Å². The number of carbonyl (C=O) groups excluding carboxylic acids is 2. The molecular formula is C30H47NO4. The summed E-state index contributed by atoms with van der Waals surface area (Å²) in [6.45, 7) is 11.0. The topological polar surface area (TPSA) is 66.8 Å². The molecule has 196 valence electrons. The Kier molecular flexibility index (Phi) is 5.96. The van der Waals surface area contributed by atoms with Crippen LogP contribution in [0.25, 0.3) is 0 Å². The second-order valence-corrected chi connectivity index (χ2v) is 14.0. The number of hydrogen-bond donors (Lipinski definition) is 1. The summed E-state index contributed by atoms with van der Waals surface area (Å²) in [6, 6.07) is 0.324. The summed E-state index contributed by atoms with van der Waals surface area (Å²) in [5.74, 6) is 4.46. The van der Waals surface area contributed by atoms with Gasteiger partial charge in [-0.3, -0.25) is 14.5 Å². The normalized spacial score (nSPS) is 53.6. The van der Waals surface area contributed by atoms with Gasteiger partial charge in [0.1, 0.15) is 11.9 Å². The van der Waals surface area contributed by atoms with Gasteiger partial charge in [-0.2, -0.15) is 0 Å². The molecule has 2 saturated heterocycles. The lowest BCUT2D eigenvalue weighted by molar-refractivity contribution is -0.175. The van der Waals surface area contributed by atoms with Crippen LogP contribution in [0.2, 0.25) is 0 Å². The molecule has 0 radical (unpaired) electrons. The van der Waals surface area contributed by atoms with Gasteiger partial charge in [0.15, 0.2) is 0 Å². The van der Waals surface area contributed by atoms with E-state index in [2.05, 4.69) is 25.7 Å². The molecule has 35 heavy (non-hydrogen) atoms. The summed E-state index contributed by atoms with van der Waals surface area (Å²) >= 11 is 0. The lowest BCUT2D eigenvalue weighted by Gasteiger charge is -2.59. The zero-order valence-corrected chi connectivity index (χ0v) is 22.4. The highest BCUT2D eigenvalue weighted by Gasteiger charge is 2.64. The number of aliphatic hydroxyl groups is 1. The van der Waals surface area contributed by atoms with Crippen molar-refractivity contribution in [2.24, 2.45) is 52.8 Å². The minimum atomic E-state index is -0.592. The largest absolute Gasteiger partial charge is 0.462 e. The zero-order chi connectivity index (χ0) is 24.7. The first kappa shape index (κ1) is 24.4. The molecule has 1 N–H and O–H groups in total. The SMILES string of the molecule is CCC(=O)O[C@H]1CC[C@@]2(C)[C@H](C1)C(=O)C[C@H]1[C@@H]3CC[C@H]4[C@@H](CN5C[C@@H](C)CC[C@H]5[C@]4(C)O)[C@@H]3C[C@@H]12. The molecule has 0 aromatic carbocycles. The van der Waals surface area contributed by atoms with Gasteiger partial charge in [0.05, 0.1) is 5.60 Å². The fraction of sp³-hybridized carbons (Fsp3) is 0.933. The first-order valence-corrected chi connectivity index (χ1v) is 14.8. The lowest BCUT2D eigenvalue weighted by Crippen LogP contribution is -2.67. The van der Waals surface area contributed by atoms with Crippen molar-refractivity contribution in [2.45, 2.75) is 110 Å². The molecule has 4 aliphatic carbocycles. The Balaban J connectivity index is 1.24. The van der Waals surface area contributed by atoms with Crippen molar-refractivity contribution in [2.75, 3.05) is 13.1 Å². The highest BCUT2D eigenvalue weighted by atomic mass is 16.5. The molecule has 5 heteroatoms. The van der Waals surface area contributed by atoms with Gasteiger partial charge in [0, 0.05) is 37.9 Å². The Morgan fingerprint density at radius 1 is 1.00 bits per heavy atom. The van der Waals surface area contributed by atoms with E-state index in [1.165, 1.54) is 19.3 Å². The predicted octanol–water partition coefficient (Wildman–Crippen LogP) is 4.85. The summed E-state index contributed by atoms with van der Waals surface area (Å²) in [7, 11) is 0. The van der Waals surface area contributed by atoms with Gasteiger partial charge in [0.2, 0.25) is 0 Å². The number of esters is 1. The molecule has 5 nitrogen and oxygen atoms in total. The number of piperidine rings is 2. The molecule has 6 aliphatic rings. The molecule has 2 heterocycles. The van der Waals surface area contributed by atoms with Crippen LogP contribution in [0.1, 0.15) is 91.9 Å². The molecular weight excluding hydrogens is 438 g/mol. The predicted molar refractivity (Wildman–Crippen MR) is 134 cm³/mol. The van der Waals surface area contributed by atoms with Gasteiger partial charge in [-0.15, -0.1) is 0 Å². The highest BCUT2D eigenvalue weighted by Crippen LogP contribution is 2.66. The van der Waals surface area contributed by atoms with Crippen molar-refractivity contribution in [1.29, 1.82) is 0 Å². The van der Waals surface area contributed by atoms with Crippen LogP contribution in [0.15, 0.2) is 0 Å². The van der Waals surface area contributed by atoms with Crippen LogP contribution in [-0.4, -0.2) is 52.6 Å². The summed E-state index contributed by atoms with van der Waals surface area (Å²) in [5.41, 5.74) is -0.549. The Morgan fingerprint density at radius 3 is 2.57 bits per heavy atom. The van der Waals surface area contributed by atoms with E-state index in [0.29, 0.717) is 53.8 Å². The van der Waals surface area contributed by atoms with Crippen molar-refractivity contribution in [3.8, 4) is 0 Å². The fourth-order valence-electron chi connectivity index (χ4n) is 10.7. The highest BCUT2D eigenvalue weighted by molar-refractivity contribution is 5.83. The van der Waals surface area contributed by atoms with E-state index in [1.54, 1.807) is 0 Å². The van der Waals surface area contributed by atoms with Crippen molar-refractivity contribution < 1.29 is 19.4 Å². The Hall–Kier alpha value is -0.940. The van der Waals surface area contributed by atoms with Crippen molar-refractivity contribution in [3.63, 3.8) is 0 Å². The van der Waals surface area contributed by atoms with E-state index in [1.807, 2.05) is 6.92 Å². The number of carbonyl (C=O) groups is 2. The van der Waals surface area contributed by atoms with Crippen LogP contribution in [0.3, 0.4) is 0 Å².